The van der Waals surface area contributed by atoms with Crippen LogP contribution in [0.3, 0.4) is 0 Å². The molecule has 0 aliphatic heterocycles. The fourth-order valence-corrected chi connectivity index (χ4v) is 2.84. The Hall–Kier alpha value is -2.08. The molecule has 0 aromatic heterocycles. The molecule has 0 aliphatic rings. The van der Waals surface area contributed by atoms with Crippen molar-refractivity contribution in [1.29, 1.82) is 0 Å². The molecule has 3 N–H and O–H groups in total. The molecule has 2 aromatic carbocycles. The Morgan fingerprint density at radius 1 is 1.07 bits per heavy atom. The van der Waals surface area contributed by atoms with Crippen molar-refractivity contribution in [2.45, 2.75) is 38.4 Å². The van der Waals surface area contributed by atoms with E-state index >= 15 is 0 Å². The second-order valence-corrected chi connectivity index (χ2v) is 6.61. The monoisotopic (exact) mass is 373 g/mol. The van der Waals surface area contributed by atoms with Crippen LogP contribution in [0, 0.1) is 0 Å². The molecule has 5 nitrogen and oxygen atoms in total. The van der Waals surface area contributed by atoms with Crippen LogP contribution >= 0.6 is 0 Å². The molecule has 0 spiro atoms. The van der Waals surface area contributed by atoms with E-state index in [-0.39, 0.29) is 6.61 Å². The Morgan fingerprint density at radius 2 is 1.85 bits per heavy atom. The van der Waals surface area contributed by atoms with E-state index in [1.165, 1.54) is 5.56 Å². The molecule has 0 fully saturated rings. The first-order valence-corrected chi connectivity index (χ1v) is 9.55. The van der Waals surface area contributed by atoms with Gasteiger partial charge in [-0.05, 0) is 49.6 Å². The number of aryl methyl sites for hydroxylation is 1. The lowest BCUT2D eigenvalue weighted by Gasteiger charge is -2.19. The highest BCUT2D eigenvalue weighted by Crippen LogP contribution is 2.32. The van der Waals surface area contributed by atoms with Crippen LogP contribution in [-0.4, -0.2) is 43.1 Å². The summed E-state index contributed by atoms with van der Waals surface area (Å²) in [4.78, 5) is 0. The number of nitrogens with one attached hydrogen (secondary N) is 1. The molecule has 2 atom stereocenters. The van der Waals surface area contributed by atoms with Crippen molar-refractivity contribution < 1.29 is 19.7 Å². The normalized spacial score (nSPS) is 13.2. The predicted octanol–water partition coefficient (Wildman–Crippen LogP) is 3.10. The first-order valence-electron chi connectivity index (χ1n) is 9.55. The molecule has 2 unspecified atom stereocenters. The van der Waals surface area contributed by atoms with Gasteiger partial charge < -0.3 is 25.0 Å². The number of aliphatic hydroxyl groups is 2. The molecule has 0 amide bonds. The van der Waals surface area contributed by atoms with E-state index in [1.807, 2.05) is 18.2 Å². The van der Waals surface area contributed by atoms with Gasteiger partial charge in [0.1, 0.15) is 24.2 Å². The lowest BCUT2D eigenvalue weighted by Crippen LogP contribution is -2.32. The lowest BCUT2D eigenvalue weighted by molar-refractivity contribution is 0.102. The van der Waals surface area contributed by atoms with Gasteiger partial charge in [0.05, 0.1) is 13.2 Å². The Labute approximate surface area is 162 Å². The van der Waals surface area contributed by atoms with E-state index in [9.17, 15) is 10.2 Å². The Morgan fingerprint density at radius 3 is 2.56 bits per heavy atom. The summed E-state index contributed by atoms with van der Waals surface area (Å²) >= 11 is 0. The van der Waals surface area contributed by atoms with Crippen LogP contribution in [-0.2, 0) is 6.42 Å². The van der Waals surface area contributed by atoms with Crippen molar-refractivity contribution in [3.05, 3.63) is 59.7 Å². The van der Waals surface area contributed by atoms with Crippen molar-refractivity contribution in [3.8, 4) is 11.5 Å². The molecule has 2 rings (SSSR count). The van der Waals surface area contributed by atoms with Gasteiger partial charge in [0.15, 0.2) is 0 Å². The summed E-state index contributed by atoms with van der Waals surface area (Å²) in [5.41, 5.74) is 1.86. The summed E-state index contributed by atoms with van der Waals surface area (Å²) in [6, 6.07) is 15.5. The van der Waals surface area contributed by atoms with Crippen LogP contribution in [0.25, 0.3) is 0 Å². The third kappa shape index (κ3) is 7.21. The second-order valence-electron chi connectivity index (χ2n) is 6.61. The van der Waals surface area contributed by atoms with Gasteiger partial charge in [0.25, 0.3) is 0 Å². The molecule has 0 saturated heterocycles. The highest BCUT2D eigenvalue weighted by atomic mass is 16.5. The average Bonchev–Trinajstić information content (AvgIpc) is 2.71. The molecule has 0 saturated carbocycles. The van der Waals surface area contributed by atoms with Crippen molar-refractivity contribution in [2.24, 2.45) is 0 Å². The highest BCUT2D eigenvalue weighted by Gasteiger charge is 2.16. The molecular weight excluding hydrogens is 342 g/mol. The standard InChI is InChI=1S/C22H31NO4/c1-3-13-23-15-18(24)16-27-22-12-10-19(26-2)14-20(22)21(25)11-9-17-7-5-4-6-8-17/h4-8,10,12,14,18,21,23-25H,3,9,11,13,15-16H2,1-2H3. The maximum Gasteiger partial charge on any atom is 0.125 e. The zero-order chi connectivity index (χ0) is 19.5. The van der Waals surface area contributed by atoms with Crippen LogP contribution in [0.15, 0.2) is 48.5 Å². The van der Waals surface area contributed by atoms with Crippen molar-refractivity contribution in [2.75, 3.05) is 26.8 Å². The molecule has 148 valence electrons. The van der Waals surface area contributed by atoms with E-state index in [1.54, 1.807) is 25.3 Å². The van der Waals surface area contributed by atoms with Crippen LogP contribution in [0.4, 0.5) is 0 Å². The van der Waals surface area contributed by atoms with Crippen LogP contribution < -0.4 is 14.8 Å². The molecule has 27 heavy (non-hydrogen) atoms. The third-order valence-corrected chi connectivity index (χ3v) is 4.36. The number of rotatable bonds is 12. The molecule has 0 radical (unpaired) electrons. The summed E-state index contributed by atoms with van der Waals surface area (Å²) < 4.78 is 11.1. The van der Waals surface area contributed by atoms with Crippen LogP contribution in [0.5, 0.6) is 11.5 Å². The number of benzene rings is 2. The minimum Gasteiger partial charge on any atom is -0.497 e. The van der Waals surface area contributed by atoms with E-state index in [2.05, 4.69) is 24.4 Å². The molecule has 0 bridgehead atoms. The van der Waals surface area contributed by atoms with Crippen molar-refractivity contribution in [3.63, 3.8) is 0 Å². The summed E-state index contributed by atoms with van der Waals surface area (Å²) in [6.45, 7) is 3.59. The zero-order valence-electron chi connectivity index (χ0n) is 16.2. The molecule has 0 aliphatic carbocycles. The fraction of sp³-hybridized carbons (Fsp3) is 0.455. The first kappa shape index (κ1) is 21.2. The van der Waals surface area contributed by atoms with Gasteiger partial charge in [-0.3, -0.25) is 0 Å². The molecule has 5 heteroatoms. The van der Waals surface area contributed by atoms with Gasteiger partial charge in [0, 0.05) is 12.1 Å². The smallest absolute Gasteiger partial charge is 0.125 e. The van der Waals surface area contributed by atoms with Crippen LogP contribution in [0.2, 0.25) is 0 Å². The number of ether oxygens (including phenoxy) is 2. The maximum absolute atomic E-state index is 10.7. The summed E-state index contributed by atoms with van der Waals surface area (Å²) in [5, 5.41) is 23.9. The molecule has 2 aromatic rings. The Bertz CT molecular complexity index is 663. The van der Waals surface area contributed by atoms with Gasteiger partial charge in [-0.1, -0.05) is 37.3 Å². The Kier molecular flexibility index (Phi) is 9.11. The van der Waals surface area contributed by atoms with E-state index in [4.69, 9.17) is 9.47 Å². The minimum atomic E-state index is -0.675. The number of methoxy groups -OCH3 is 1. The largest absolute Gasteiger partial charge is 0.497 e. The average molecular weight is 373 g/mol. The van der Waals surface area contributed by atoms with Gasteiger partial charge in [0.2, 0.25) is 0 Å². The zero-order valence-corrected chi connectivity index (χ0v) is 16.2. The SMILES string of the molecule is CCCNCC(O)COc1ccc(OC)cc1C(O)CCc1ccccc1. The highest BCUT2D eigenvalue weighted by molar-refractivity contribution is 5.41. The van der Waals surface area contributed by atoms with Crippen LogP contribution in [0.1, 0.15) is 37.0 Å². The molecular formula is C22H31NO4. The summed E-state index contributed by atoms with van der Waals surface area (Å²) in [7, 11) is 1.60. The topological polar surface area (TPSA) is 71.0 Å². The summed E-state index contributed by atoms with van der Waals surface area (Å²) in [5.74, 6) is 1.24. The van der Waals surface area contributed by atoms with E-state index in [0.29, 0.717) is 30.0 Å². The van der Waals surface area contributed by atoms with Crippen molar-refractivity contribution in [1.82, 2.24) is 5.32 Å². The predicted molar refractivity (Wildman–Crippen MR) is 107 cm³/mol. The van der Waals surface area contributed by atoms with E-state index in [0.717, 1.165) is 19.4 Å². The van der Waals surface area contributed by atoms with Gasteiger partial charge in [-0.25, -0.2) is 0 Å². The number of aliphatic hydroxyl groups excluding tert-OH is 2. The lowest BCUT2D eigenvalue weighted by atomic mass is 10.0. The van der Waals surface area contributed by atoms with Crippen molar-refractivity contribution >= 4 is 0 Å². The quantitative estimate of drug-likeness (QED) is 0.499. The fourth-order valence-electron chi connectivity index (χ4n) is 2.84. The number of hydrogen-bond acceptors (Lipinski definition) is 5. The molecule has 0 heterocycles. The van der Waals surface area contributed by atoms with Gasteiger partial charge >= 0.3 is 0 Å². The maximum atomic E-state index is 10.7. The Balaban J connectivity index is 1.99. The minimum absolute atomic E-state index is 0.168. The van der Waals surface area contributed by atoms with Gasteiger partial charge in [-0.2, -0.15) is 0 Å². The summed E-state index contributed by atoms with van der Waals surface area (Å²) in [6.07, 6.45) is 1.08. The third-order valence-electron chi connectivity index (χ3n) is 4.36. The number of hydrogen-bond donors (Lipinski definition) is 3. The first-order chi connectivity index (χ1) is 13.1. The van der Waals surface area contributed by atoms with E-state index < -0.39 is 12.2 Å². The second kappa shape index (κ2) is 11.6. The van der Waals surface area contributed by atoms with Gasteiger partial charge in [-0.15, -0.1) is 0 Å².